The van der Waals surface area contributed by atoms with Crippen molar-refractivity contribution >= 4 is 40.0 Å². The summed E-state index contributed by atoms with van der Waals surface area (Å²) >= 11 is 0. The number of allylic oxidation sites excluding steroid dienone is 3. The number of anilines is 2. The number of hydrogen-bond donors (Lipinski definition) is 1. The van der Waals surface area contributed by atoms with E-state index in [2.05, 4.69) is 41.5 Å². The van der Waals surface area contributed by atoms with Crippen molar-refractivity contribution in [1.29, 1.82) is 5.26 Å². The molecule has 3 aromatic carbocycles. The topological polar surface area (TPSA) is 81.6 Å². The highest BCUT2D eigenvalue weighted by atomic mass is 16.3. The molecule has 0 unspecified atom stereocenters. The minimum Gasteiger partial charge on any atom is -0.456 e. The maximum atomic E-state index is 12.6. The smallest absolute Gasteiger partial charge is 0.262 e. The van der Waals surface area contributed by atoms with Gasteiger partial charge in [-0.05, 0) is 78.4 Å². The van der Waals surface area contributed by atoms with Gasteiger partial charge >= 0.3 is 0 Å². The van der Waals surface area contributed by atoms with Crippen LogP contribution < -0.4 is 10.2 Å². The Bertz CT molecular complexity index is 1760. The molecule has 1 heterocycles. The second-order valence-corrected chi connectivity index (χ2v) is 9.02. The highest BCUT2D eigenvalue weighted by Gasteiger charge is 2.14. The minimum atomic E-state index is -0.511. The SMILES string of the molecule is C=C/C=C(\C=C)N(c1ccccc1)c1ccc(-c2cc3ccc(/C=C(\C#N)C(=O)NCC(C=C)=NC=C)cc3o2)cc1. The van der Waals surface area contributed by atoms with E-state index in [9.17, 15) is 10.1 Å². The molecule has 4 rings (SSSR count). The highest BCUT2D eigenvalue weighted by Crippen LogP contribution is 2.34. The van der Waals surface area contributed by atoms with Crippen molar-refractivity contribution in [2.75, 3.05) is 11.4 Å². The lowest BCUT2D eigenvalue weighted by Crippen LogP contribution is -2.29. The average Bonchev–Trinajstić information content (AvgIpc) is 3.46. The monoisotopic (exact) mass is 550 g/mol. The molecule has 1 aromatic heterocycles. The first kappa shape index (κ1) is 29.1. The quantitative estimate of drug-likeness (QED) is 0.0833. The Morgan fingerprint density at radius 3 is 2.33 bits per heavy atom. The van der Waals surface area contributed by atoms with Gasteiger partial charge in [-0.2, -0.15) is 5.26 Å². The van der Waals surface area contributed by atoms with Crippen molar-refractivity contribution in [3.63, 3.8) is 0 Å². The summed E-state index contributed by atoms with van der Waals surface area (Å²) in [6, 6.07) is 27.6. The Morgan fingerprint density at radius 2 is 1.69 bits per heavy atom. The van der Waals surface area contributed by atoms with Crippen LogP contribution in [0, 0.1) is 11.3 Å². The molecule has 0 aliphatic heterocycles. The third-order valence-corrected chi connectivity index (χ3v) is 6.32. The summed E-state index contributed by atoms with van der Waals surface area (Å²) in [6.07, 6.45) is 9.86. The highest BCUT2D eigenvalue weighted by molar-refractivity contribution is 6.05. The molecule has 42 heavy (non-hydrogen) atoms. The Kier molecular flexibility index (Phi) is 9.63. The van der Waals surface area contributed by atoms with Crippen LogP contribution in [0.25, 0.3) is 28.4 Å². The van der Waals surface area contributed by atoms with Gasteiger partial charge in [-0.25, -0.2) is 0 Å². The van der Waals surface area contributed by atoms with Crippen molar-refractivity contribution < 1.29 is 9.21 Å². The summed E-state index contributed by atoms with van der Waals surface area (Å²) in [7, 11) is 0. The van der Waals surface area contributed by atoms with Crippen molar-refractivity contribution in [1.82, 2.24) is 5.32 Å². The van der Waals surface area contributed by atoms with Crippen molar-refractivity contribution in [3.8, 4) is 17.4 Å². The van der Waals surface area contributed by atoms with Crippen molar-refractivity contribution in [3.05, 3.63) is 153 Å². The number of fused-ring (bicyclic) bond motifs is 1. The first-order chi connectivity index (χ1) is 20.5. The standard InChI is InChI=1S/C36H30N4O2/c1-5-12-31(7-3)40(32-13-10-9-11-14-32)33-19-17-27(18-20-33)35-23-28-16-15-26(22-34(28)42-35)21-29(24-37)36(41)39-25-30(6-2)38-8-4/h5-23H,1-4,25H2,(H,39,41)/b29-21+,31-12+,38-30?. The van der Waals surface area contributed by atoms with E-state index in [1.807, 2.05) is 84.9 Å². The molecule has 6 nitrogen and oxygen atoms in total. The normalized spacial score (nSPS) is 11.8. The number of nitrogens with one attached hydrogen (secondary N) is 1. The fourth-order valence-corrected chi connectivity index (χ4v) is 4.30. The summed E-state index contributed by atoms with van der Waals surface area (Å²) in [4.78, 5) is 18.7. The third kappa shape index (κ3) is 6.79. The number of hydrogen-bond acceptors (Lipinski definition) is 5. The lowest BCUT2D eigenvalue weighted by atomic mass is 10.1. The number of rotatable bonds is 12. The molecular weight excluding hydrogens is 520 g/mol. The molecule has 0 atom stereocenters. The first-order valence-corrected chi connectivity index (χ1v) is 13.2. The van der Waals surface area contributed by atoms with E-state index < -0.39 is 5.91 Å². The molecule has 0 spiro atoms. The van der Waals surface area contributed by atoms with Gasteiger partial charge in [-0.15, -0.1) is 0 Å². The van der Waals surface area contributed by atoms with Crippen LogP contribution in [0.5, 0.6) is 0 Å². The van der Waals surface area contributed by atoms with E-state index in [-0.39, 0.29) is 12.1 Å². The summed E-state index contributed by atoms with van der Waals surface area (Å²) in [6.45, 7) is 15.1. The molecule has 0 aliphatic rings. The van der Waals surface area contributed by atoms with Gasteiger partial charge in [0.25, 0.3) is 5.91 Å². The van der Waals surface area contributed by atoms with Gasteiger partial charge in [-0.3, -0.25) is 9.79 Å². The Labute approximate surface area is 245 Å². The lowest BCUT2D eigenvalue weighted by molar-refractivity contribution is -0.116. The Hall–Kier alpha value is -5.93. The van der Waals surface area contributed by atoms with Crippen LogP contribution in [0.1, 0.15) is 5.56 Å². The maximum absolute atomic E-state index is 12.6. The molecule has 0 fully saturated rings. The fourth-order valence-electron chi connectivity index (χ4n) is 4.30. The lowest BCUT2D eigenvalue weighted by Gasteiger charge is -2.26. The molecule has 4 aromatic rings. The van der Waals surface area contributed by atoms with Crippen molar-refractivity contribution in [2.45, 2.75) is 0 Å². The molecular formula is C36H30N4O2. The van der Waals surface area contributed by atoms with E-state index in [0.717, 1.165) is 28.0 Å². The minimum absolute atomic E-state index is 0.0360. The van der Waals surface area contributed by atoms with Gasteiger partial charge in [0.05, 0.1) is 12.3 Å². The first-order valence-electron chi connectivity index (χ1n) is 13.2. The average molecular weight is 551 g/mol. The van der Waals surface area contributed by atoms with Crippen molar-refractivity contribution in [2.24, 2.45) is 4.99 Å². The zero-order valence-electron chi connectivity index (χ0n) is 23.2. The van der Waals surface area contributed by atoms with Crippen LogP contribution in [-0.2, 0) is 4.79 Å². The molecule has 1 N–H and O–H groups in total. The van der Waals surface area contributed by atoms with Gasteiger partial charge in [0.15, 0.2) is 0 Å². The second kappa shape index (κ2) is 13.9. The number of aliphatic imine (C=N–C) groups is 1. The number of furan rings is 1. The third-order valence-electron chi connectivity index (χ3n) is 6.32. The zero-order valence-corrected chi connectivity index (χ0v) is 23.2. The zero-order chi connectivity index (χ0) is 29.9. The van der Waals surface area contributed by atoms with Gasteiger partial charge in [0.2, 0.25) is 0 Å². The Balaban J connectivity index is 1.59. The fraction of sp³-hybridized carbons (Fsp3) is 0.0278. The van der Waals surface area contributed by atoms with Gasteiger partial charge < -0.3 is 14.6 Å². The summed E-state index contributed by atoms with van der Waals surface area (Å²) < 4.78 is 6.18. The predicted octanol–water partition coefficient (Wildman–Crippen LogP) is 8.29. The van der Waals surface area contributed by atoms with Crippen LogP contribution in [0.4, 0.5) is 11.4 Å². The molecule has 0 saturated carbocycles. The predicted molar refractivity (Wildman–Crippen MR) is 173 cm³/mol. The van der Waals surface area contributed by atoms with Crippen LogP contribution in [0.15, 0.2) is 156 Å². The van der Waals surface area contributed by atoms with Crippen LogP contribution >= 0.6 is 0 Å². The van der Waals surface area contributed by atoms with E-state index >= 15 is 0 Å². The number of benzene rings is 3. The molecule has 6 heteroatoms. The summed E-state index contributed by atoms with van der Waals surface area (Å²) in [5.41, 5.74) is 5.56. The summed E-state index contributed by atoms with van der Waals surface area (Å²) in [5.74, 6) is 0.190. The number of carbonyl (C=O) groups is 1. The molecule has 1 amide bonds. The number of nitriles is 1. The van der Waals surface area contributed by atoms with Gasteiger partial charge in [0, 0.05) is 34.2 Å². The van der Waals surface area contributed by atoms with E-state index in [1.54, 1.807) is 18.2 Å². The van der Waals surface area contributed by atoms with Gasteiger partial charge in [-0.1, -0.05) is 62.7 Å². The maximum Gasteiger partial charge on any atom is 0.262 e. The number of amides is 1. The van der Waals surface area contributed by atoms with E-state index in [1.165, 1.54) is 18.4 Å². The Morgan fingerprint density at radius 1 is 0.952 bits per heavy atom. The number of nitrogens with zero attached hydrogens (tertiary/aromatic N) is 3. The number of carbonyl (C=O) groups excluding carboxylic acids is 1. The van der Waals surface area contributed by atoms with Crippen LogP contribution in [0.2, 0.25) is 0 Å². The molecule has 206 valence electrons. The molecule has 0 aliphatic carbocycles. The number of para-hydroxylation sites is 1. The van der Waals surface area contributed by atoms with E-state index in [0.29, 0.717) is 22.6 Å². The van der Waals surface area contributed by atoms with E-state index in [4.69, 9.17) is 4.42 Å². The van der Waals surface area contributed by atoms with Gasteiger partial charge in [0.1, 0.15) is 23.0 Å². The summed E-state index contributed by atoms with van der Waals surface area (Å²) in [5, 5.41) is 13.2. The molecule has 0 saturated heterocycles. The molecule has 0 bridgehead atoms. The van der Waals surface area contributed by atoms with Crippen LogP contribution in [-0.4, -0.2) is 18.2 Å². The second-order valence-electron chi connectivity index (χ2n) is 9.02. The molecule has 0 radical (unpaired) electrons. The largest absolute Gasteiger partial charge is 0.456 e. The van der Waals surface area contributed by atoms with Crippen LogP contribution in [0.3, 0.4) is 0 Å².